The molecule has 5 heteroatoms. The van der Waals surface area contributed by atoms with Gasteiger partial charge in [0.15, 0.2) is 0 Å². The molecule has 3 aromatic rings. The van der Waals surface area contributed by atoms with Gasteiger partial charge in [0.05, 0.1) is 12.6 Å². The van der Waals surface area contributed by atoms with E-state index < -0.39 is 0 Å². The first-order chi connectivity index (χ1) is 10.1. The van der Waals surface area contributed by atoms with Crippen LogP contribution in [0.1, 0.15) is 11.1 Å². The maximum atomic E-state index is 12.4. The van der Waals surface area contributed by atoms with Gasteiger partial charge in [-0.3, -0.25) is 9.48 Å². The fourth-order valence-corrected chi connectivity index (χ4v) is 2.49. The van der Waals surface area contributed by atoms with E-state index in [9.17, 15) is 4.79 Å². The summed E-state index contributed by atoms with van der Waals surface area (Å²) in [6, 6.07) is 8.03. The highest BCUT2D eigenvalue weighted by atomic mass is 16.2. The zero-order valence-electron chi connectivity index (χ0n) is 12.2. The number of aromatic amines is 1. The van der Waals surface area contributed by atoms with E-state index >= 15 is 0 Å². The zero-order chi connectivity index (χ0) is 14.8. The number of likely N-dealkylation sites (N-methyl/N-ethyl adjacent to an activating group) is 1. The average Bonchev–Trinajstić information content (AvgIpc) is 3.06. The number of hydrogen-bond donors (Lipinski definition) is 1. The molecule has 0 bridgehead atoms. The van der Waals surface area contributed by atoms with Crippen LogP contribution in [0.15, 0.2) is 42.9 Å². The van der Waals surface area contributed by atoms with Crippen molar-refractivity contribution in [1.29, 1.82) is 0 Å². The van der Waals surface area contributed by atoms with E-state index in [1.165, 1.54) is 0 Å². The number of H-pyrrole nitrogens is 1. The number of aromatic nitrogens is 3. The van der Waals surface area contributed by atoms with Crippen molar-refractivity contribution < 1.29 is 4.79 Å². The van der Waals surface area contributed by atoms with Gasteiger partial charge in [-0.15, -0.1) is 0 Å². The minimum Gasteiger partial charge on any atom is -0.361 e. The molecule has 2 aromatic heterocycles. The minimum absolute atomic E-state index is 0.101. The third-order valence-electron chi connectivity index (χ3n) is 3.62. The molecule has 0 aliphatic carbocycles. The Bertz CT molecular complexity index is 771. The maximum absolute atomic E-state index is 12.4. The first-order valence-electron chi connectivity index (χ1n) is 6.90. The van der Waals surface area contributed by atoms with E-state index in [0.29, 0.717) is 13.0 Å². The van der Waals surface area contributed by atoms with Gasteiger partial charge < -0.3 is 9.88 Å². The maximum Gasteiger partial charge on any atom is 0.227 e. The molecule has 0 atom stereocenters. The van der Waals surface area contributed by atoms with Crippen molar-refractivity contribution in [2.45, 2.75) is 13.0 Å². The molecular weight excluding hydrogens is 264 g/mol. The zero-order valence-corrected chi connectivity index (χ0v) is 12.2. The molecule has 1 aromatic carbocycles. The van der Waals surface area contributed by atoms with E-state index in [1.807, 2.05) is 50.8 Å². The summed E-state index contributed by atoms with van der Waals surface area (Å²) in [4.78, 5) is 17.3. The number of carbonyl (C=O) groups excluding carboxylic acids is 1. The summed E-state index contributed by atoms with van der Waals surface area (Å²) < 4.78 is 1.74. The Hall–Kier alpha value is -2.56. The Balaban J connectivity index is 1.70. The standard InChI is InChI=1S/C16H18N4O/c1-19(10-12-8-18-20(2)11-12)16(21)7-13-9-17-15-6-4-3-5-14(13)15/h3-6,8-9,11,17H,7,10H2,1-2H3. The lowest BCUT2D eigenvalue weighted by Crippen LogP contribution is -2.27. The average molecular weight is 282 g/mol. The molecule has 1 N–H and O–H groups in total. The van der Waals surface area contributed by atoms with E-state index in [1.54, 1.807) is 15.8 Å². The molecular formula is C16H18N4O. The van der Waals surface area contributed by atoms with Gasteiger partial charge in [-0.2, -0.15) is 5.10 Å². The molecule has 1 amide bonds. The number of carbonyl (C=O) groups is 1. The van der Waals surface area contributed by atoms with Crippen LogP contribution in [0.5, 0.6) is 0 Å². The van der Waals surface area contributed by atoms with E-state index in [-0.39, 0.29) is 5.91 Å². The van der Waals surface area contributed by atoms with Gasteiger partial charge in [-0.25, -0.2) is 0 Å². The van der Waals surface area contributed by atoms with Gasteiger partial charge >= 0.3 is 0 Å². The van der Waals surface area contributed by atoms with Crippen LogP contribution >= 0.6 is 0 Å². The van der Waals surface area contributed by atoms with Crippen molar-refractivity contribution in [3.05, 3.63) is 54.0 Å². The first kappa shape index (κ1) is 13.4. The summed E-state index contributed by atoms with van der Waals surface area (Å²) in [6.45, 7) is 0.578. The SMILES string of the molecule is CN(Cc1cnn(C)c1)C(=O)Cc1c[nH]c2ccccc12. The van der Waals surface area contributed by atoms with Crippen molar-refractivity contribution in [3.8, 4) is 0 Å². The van der Waals surface area contributed by atoms with Crippen molar-refractivity contribution in [3.63, 3.8) is 0 Å². The third-order valence-corrected chi connectivity index (χ3v) is 3.62. The summed E-state index contributed by atoms with van der Waals surface area (Å²) in [7, 11) is 3.70. The molecule has 0 saturated carbocycles. The number of benzene rings is 1. The fourth-order valence-electron chi connectivity index (χ4n) is 2.49. The minimum atomic E-state index is 0.101. The Morgan fingerprint density at radius 1 is 1.38 bits per heavy atom. The Kier molecular flexibility index (Phi) is 3.48. The molecule has 3 rings (SSSR count). The lowest BCUT2D eigenvalue weighted by atomic mass is 10.1. The number of rotatable bonds is 4. The van der Waals surface area contributed by atoms with Crippen LogP contribution in [0.3, 0.4) is 0 Å². The normalized spacial score (nSPS) is 11.0. The summed E-state index contributed by atoms with van der Waals surface area (Å²) in [5.74, 6) is 0.101. The second-order valence-corrected chi connectivity index (χ2v) is 5.31. The predicted octanol–water partition coefficient (Wildman–Crippen LogP) is 2.10. The highest BCUT2D eigenvalue weighted by molar-refractivity contribution is 5.88. The smallest absolute Gasteiger partial charge is 0.227 e. The first-order valence-corrected chi connectivity index (χ1v) is 6.90. The van der Waals surface area contributed by atoms with Crippen molar-refractivity contribution >= 4 is 16.8 Å². The molecule has 0 unspecified atom stereocenters. The fraction of sp³-hybridized carbons (Fsp3) is 0.250. The lowest BCUT2D eigenvalue weighted by Gasteiger charge is -2.15. The van der Waals surface area contributed by atoms with Gasteiger partial charge in [0.25, 0.3) is 0 Å². The van der Waals surface area contributed by atoms with Gasteiger partial charge in [0.2, 0.25) is 5.91 Å². The molecule has 0 radical (unpaired) electrons. The molecule has 0 spiro atoms. The topological polar surface area (TPSA) is 53.9 Å². The molecule has 108 valence electrons. The van der Waals surface area contributed by atoms with Gasteiger partial charge in [0.1, 0.15) is 0 Å². The molecule has 0 saturated heterocycles. The van der Waals surface area contributed by atoms with Crippen LogP contribution in [-0.2, 0) is 24.8 Å². The van der Waals surface area contributed by atoms with Gasteiger partial charge in [0, 0.05) is 49.5 Å². The van der Waals surface area contributed by atoms with Crippen LogP contribution in [0.2, 0.25) is 0 Å². The molecule has 0 aliphatic rings. The summed E-state index contributed by atoms with van der Waals surface area (Å²) in [5.41, 5.74) is 3.14. The van der Waals surface area contributed by atoms with Crippen molar-refractivity contribution in [1.82, 2.24) is 19.7 Å². The largest absolute Gasteiger partial charge is 0.361 e. The van der Waals surface area contributed by atoms with E-state index in [0.717, 1.165) is 22.0 Å². The second-order valence-electron chi connectivity index (χ2n) is 5.31. The van der Waals surface area contributed by atoms with Crippen LogP contribution in [0.4, 0.5) is 0 Å². The molecule has 21 heavy (non-hydrogen) atoms. The Labute approximate surface area is 123 Å². The number of fused-ring (bicyclic) bond motifs is 1. The van der Waals surface area contributed by atoms with Crippen LogP contribution in [-0.4, -0.2) is 32.6 Å². The number of hydrogen-bond acceptors (Lipinski definition) is 2. The summed E-state index contributed by atoms with van der Waals surface area (Å²) >= 11 is 0. The van der Waals surface area contributed by atoms with Gasteiger partial charge in [-0.1, -0.05) is 18.2 Å². The van der Waals surface area contributed by atoms with E-state index in [4.69, 9.17) is 0 Å². The highest BCUT2D eigenvalue weighted by Gasteiger charge is 2.13. The molecule has 0 fully saturated rings. The quantitative estimate of drug-likeness (QED) is 0.796. The molecule has 0 aliphatic heterocycles. The number of para-hydroxylation sites is 1. The number of nitrogens with one attached hydrogen (secondary N) is 1. The summed E-state index contributed by atoms with van der Waals surface area (Å²) in [6.07, 6.45) is 6.03. The predicted molar refractivity (Wildman–Crippen MR) is 81.7 cm³/mol. The summed E-state index contributed by atoms with van der Waals surface area (Å²) in [5, 5.41) is 5.23. The van der Waals surface area contributed by atoms with Crippen LogP contribution in [0, 0.1) is 0 Å². The highest BCUT2D eigenvalue weighted by Crippen LogP contribution is 2.18. The number of nitrogens with zero attached hydrogens (tertiary/aromatic N) is 3. The molecule has 5 nitrogen and oxygen atoms in total. The van der Waals surface area contributed by atoms with Crippen molar-refractivity contribution in [2.75, 3.05) is 7.05 Å². The van der Waals surface area contributed by atoms with Crippen LogP contribution < -0.4 is 0 Å². The van der Waals surface area contributed by atoms with E-state index in [2.05, 4.69) is 10.1 Å². The lowest BCUT2D eigenvalue weighted by molar-refractivity contribution is -0.129. The Morgan fingerprint density at radius 2 is 2.19 bits per heavy atom. The van der Waals surface area contributed by atoms with Crippen LogP contribution in [0.25, 0.3) is 10.9 Å². The second kappa shape index (κ2) is 5.44. The number of amides is 1. The van der Waals surface area contributed by atoms with Crippen molar-refractivity contribution in [2.24, 2.45) is 7.05 Å². The third kappa shape index (κ3) is 2.81. The molecule has 2 heterocycles. The monoisotopic (exact) mass is 282 g/mol. The van der Waals surface area contributed by atoms with Gasteiger partial charge in [-0.05, 0) is 11.6 Å². The number of aryl methyl sites for hydroxylation is 1. The Morgan fingerprint density at radius 3 is 2.95 bits per heavy atom.